The van der Waals surface area contributed by atoms with Crippen molar-refractivity contribution in [1.29, 1.82) is 0 Å². The van der Waals surface area contributed by atoms with Gasteiger partial charge in [0, 0.05) is 10.7 Å². The van der Waals surface area contributed by atoms with Gasteiger partial charge in [0.1, 0.15) is 5.75 Å². The lowest BCUT2D eigenvalue weighted by Crippen LogP contribution is -2.05. The zero-order valence-electron chi connectivity index (χ0n) is 10.8. The van der Waals surface area contributed by atoms with Crippen LogP contribution < -0.4 is 10.1 Å². The van der Waals surface area contributed by atoms with Crippen molar-refractivity contribution in [3.8, 4) is 5.75 Å². The standard InChI is InChI=1S/C16H16ClNO/c1-2-19-14-6-7-15-12(9-14)10-16(18-15)11-4-3-5-13(17)8-11/h3-9,16,18H,2,10H2,1H3. The Balaban J connectivity index is 1.84. The van der Waals surface area contributed by atoms with Crippen LogP contribution in [0.25, 0.3) is 0 Å². The van der Waals surface area contributed by atoms with Crippen molar-refractivity contribution in [2.75, 3.05) is 11.9 Å². The van der Waals surface area contributed by atoms with Gasteiger partial charge in [-0.3, -0.25) is 0 Å². The van der Waals surface area contributed by atoms with Gasteiger partial charge in [0.25, 0.3) is 0 Å². The summed E-state index contributed by atoms with van der Waals surface area (Å²) in [6, 6.07) is 14.5. The molecule has 1 heterocycles. The fourth-order valence-electron chi connectivity index (χ4n) is 2.52. The van der Waals surface area contributed by atoms with Crippen molar-refractivity contribution >= 4 is 17.3 Å². The third-order valence-electron chi connectivity index (χ3n) is 3.39. The van der Waals surface area contributed by atoms with Crippen molar-refractivity contribution < 1.29 is 4.74 Å². The fourth-order valence-corrected chi connectivity index (χ4v) is 2.72. The molecule has 0 amide bonds. The molecule has 1 aliphatic rings. The van der Waals surface area contributed by atoms with E-state index in [0.29, 0.717) is 12.6 Å². The van der Waals surface area contributed by atoms with Crippen LogP contribution in [0.3, 0.4) is 0 Å². The van der Waals surface area contributed by atoms with Crippen LogP contribution in [-0.4, -0.2) is 6.61 Å². The zero-order chi connectivity index (χ0) is 13.2. The molecule has 98 valence electrons. The van der Waals surface area contributed by atoms with Crippen LogP contribution in [0.2, 0.25) is 5.02 Å². The minimum atomic E-state index is 0.297. The first-order valence-corrected chi connectivity index (χ1v) is 6.92. The van der Waals surface area contributed by atoms with E-state index in [1.807, 2.05) is 31.2 Å². The normalized spacial score (nSPS) is 16.8. The maximum Gasteiger partial charge on any atom is 0.119 e. The number of benzene rings is 2. The first-order valence-electron chi connectivity index (χ1n) is 6.54. The van der Waals surface area contributed by atoms with Gasteiger partial charge >= 0.3 is 0 Å². The number of hydrogen-bond donors (Lipinski definition) is 1. The van der Waals surface area contributed by atoms with E-state index in [2.05, 4.69) is 23.5 Å². The SMILES string of the molecule is CCOc1ccc2c(c1)CC(c1cccc(Cl)c1)N2. The smallest absolute Gasteiger partial charge is 0.119 e. The van der Waals surface area contributed by atoms with Crippen molar-refractivity contribution in [2.45, 2.75) is 19.4 Å². The number of halogens is 1. The highest BCUT2D eigenvalue weighted by Crippen LogP contribution is 2.36. The second-order valence-corrected chi connectivity index (χ2v) is 5.14. The molecule has 1 aliphatic heterocycles. The summed E-state index contributed by atoms with van der Waals surface area (Å²) in [7, 11) is 0. The van der Waals surface area contributed by atoms with Gasteiger partial charge in [0.05, 0.1) is 12.6 Å². The van der Waals surface area contributed by atoms with Gasteiger partial charge in [0.15, 0.2) is 0 Å². The number of anilines is 1. The summed E-state index contributed by atoms with van der Waals surface area (Å²) < 4.78 is 5.54. The second-order valence-electron chi connectivity index (χ2n) is 4.71. The molecule has 1 N–H and O–H groups in total. The van der Waals surface area contributed by atoms with Gasteiger partial charge in [-0.25, -0.2) is 0 Å². The topological polar surface area (TPSA) is 21.3 Å². The summed E-state index contributed by atoms with van der Waals surface area (Å²) in [5, 5.41) is 4.32. The molecule has 2 aromatic carbocycles. The Morgan fingerprint density at radius 1 is 1.26 bits per heavy atom. The monoisotopic (exact) mass is 273 g/mol. The molecule has 0 fully saturated rings. The predicted molar refractivity (Wildman–Crippen MR) is 79.1 cm³/mol. The van der Waals surface area contributed by atoms with E-state index >= 15 is 0 Å². The number of hydrogen-bond acceptors (Lipinski definition) is 2. The molecule has 0 saturated carbocycles. The van der Waals surface area contributed by atoms with Gasteiger partial charge in [-0.1, -0.05) is 23.7 Å². The van der Waals surface area contributed by atoms with Gasteiger partial charge in [-0.2, -0.15) is 0 Å². The van der Waals surface area contributed by atoms with E-state index in [4.69, 9.17) is 16.3 Å². The number of ether oxygens (including phenoxy) is 1. The maximum atomic E-state index is 6.05. The van der Waals surface area contributed by atoms with Crippen LogP contribution in [0, 0.1) is 0 Å². The third kappa shape index (κ3) is 2.54. The summed E-state index contributed by atoms with van der Waals surface area (Å²) in [6.45, 7) is 2.70. The molecule has 0 saturated heterocycles. The average Bonchev–Trinajstić information content (AvgIpc) is 2.82. The molecule has 3 heteroatoms. The lowest BCUT2D eigenvalue weighted by atomic mass is 10.0. The first-order chi connectivity index (χ1) is 9.26. The lowest BCUT2D eigenvalue weighted by Gasteiger charge is -2.11. The lowest BCUT2D eigenvalue weighted by molar-refractivity contribution is 0.340. The van der Waals surface area contributed by atoms with Crippen LogP contribution in [0.4, 0.5) is 5.69 Å². The summed E-state index contributed by atoms with van der Waals surface area (Å²) in [4.78, 5) is 0. The van der Waals surface area contributed by atoms with Gasteiger partial charge in [0.2, 0.25) is 0 Å². The third-order valence-corrected chi connectivity index (χ3v) is 3.63. The Morgan fingerprint density at radius 3 is 2.95 bits per heavy atom. The summed E-state index contributed by atoms with van der Waals surface area (Å²) in [5.41, 5.74) is 3.71. The summed E-state index contributed by atoms with van der Waals surface area (Å²) in [5.74, 6) is 0.940. The molecule has 2 aromatic rings. The molecule has 0 aromatic heterocycles. The molecule has 1 unspecified atom stereocenters. The van der Waals surface area contributed by atoms with Crippen LogP contribution in [0.5, 0.6) is 5.75 Å². The first kappa shape index (κ1) is 12.4. The van der Waals surface area contributed by atoms with E-state index < -0.39 is 0 Å². The molecule has 0 aliphatic carbocycles. The highest BCUT2D eigenvalue weighted by Gasteiger charge is 2.22. The van der Waals surface area contributed by atoms with Crippen LogP contribution in [-0.2, 0) is 6.42 Å². The Hall–Kier alpha value is -1.67. The predicted octanol–water partition coefficient (Wildman–Crippen LogP) is 4.45. The Kier molecular flexibility index (Phi) is 3.34. The van der Waals surface area contributed by atoms with Crippen molar-refractivity contribution in [1.82, 2.24) is 0 Å². The van der Waals surface area contributed by atoms with E-state index in [-0.39, 0.29) is 0 Å². The molecule has 19 heavy (non-hydrogen) atoms. The average molecular weight is 274 g/mol. The number of nitrogens with one attached hydrogen (secondary N) is 1. The number of fused-ring (bicyclic) bond motifs is 1. The largest absolute Gasteiger partial charge is 0.494 e. The quantitative estimate of drug-likeness (QED) is 0.892. The van der Waals surface area contributed by atoms with Crippen molar-refractivity contribution in [3.05, 3.63) is 58.6 Å². The second kappa shape index (κ2) is 5.14. The molecular formula is C16H16ClNO. The van der Waals surface area contributed by atoms with Gasteiger partial charge in [-0.15, -0.1) is 0 Å². The van der Waals surface area contributed by atoms with E-state index in [1.54, 1.807) is 0 Å². The fraction of sp³-hybridized carbons (Fsp3) is 0.250. The highest BCUT2D eigenvalue weighted by atomic mass is 35.5. The van der Waals surface area contributed by atoms with E-state index in [9.17, 15) is 0 Å². The van der Waals surface area contributed by atoms with Gasteiger partial charge in [-0.05, 0) is 54.8 Å². The molecule has 0 radical (unpaired) electrons. The Morgan fingerprint density at radius 2 is 2.16 bits per heavy atom. The maximum absolute atomic E-state index is 6.05. The van der Waals surface area contributed by atoms with Crippen molar-refractivity contribution in [3.63, 3.8) is 0 Å². The van der Waals surface area contributed by atoms with Crippen molar-refractivity contribution in [2.24, 2.45) is 0 Å². The molecular weight excluding hydrogens is 258 g/mol. The zero-order valence-corrected chi connectivity index (χ0v) is 11.6. The molecule has 2 nitrogen and oxygen atoms in total. The van der Waals surface area contributed by atoms with Crippen LogP contribution >= 0.6 is 11.6 Å². The van der Waals surface area contributed by atoms with Crippen LogP contribution in [0.1, 0.15) is 24.1 Å². The summed E-state index contributed by atoms with van der Waals surface area (Å²) in [6.07, 6.45) is 0.969. The molecule has 0 bridgehead atoms. The van der Waals surface area contributed by atoms with Crippen LogP contribution in [0.15, 0.2) is 42.5 Å². The minimum Gasteiger partial charge on any atom is -0.494 e. The minimum absolute atomic E-state index is 0.297. The molecule has 1 atom stereocenters. The number of rotatable bonds is 3. The molecule has 0 spiro atoms. The highest BCUT2D eigenvalue weighted by molar-refractivity contribution is 6.30. The Labute approximate surface area is 118 Å². The Bertz CT molecular complexity index is 597. The van der Waals surface area contributed by atoms with E-state index in [1.165, 1.54) is 16.8 Å². The van der Waals surface area contributed by atoms with Gasteiger partial charge < -0.3 is 10.1 Å². The molecule has 3 rings (SSSR count). The summed E-state index contributed by atoms with van der Waals surface area (Å²) >= 11 is 6.05. The van der Waals surface area contributed by atoms with E-state index in [0.717, 1.165) is 17.2 Å².